The van der Waals surface area contributed by atoms with Gasteiger partial charge in [-0.1, -0.05) is 78.9 Å². The van der Waals surface area contributed by atoms with Crippen LogP contribution in [0.1, 0.15) is 22.8 Å². The highest BCUT2D eigenvalue weighted by Gasteiger charge is 2.17. The van der Waals surface area contributed by atoms with Crippen molar-refractivity contribution in [1.82, 2.24) is 5.32 Å². The molecule has 25 heavy (non-hydrogen) atoms. The molecule has 3 aromatic rings. The van der Waals surface area contributed by atoms with Crippen LogP contribution in [0.5, 0.6) is 0 Å². The number of hydrogen-bond acceptors (Lipinski definition) is 2. The molecule has 0 bridgehead atoms. The molecule has 0 heterocycles. The van der Waals surface area contributed by atoms with Crippen LogP contribution in [0.2, 0.25) is 0 Å². The van der Waals surface area contributed by atoms with Crippen LogP contribution in [-0.2, 0) is 11.3 Å². The maximum absolute atomic E-state index is 12.5. The van der Waals surface area contributed by atoms with E-state index < -0.39 is 0 Å². The fraction of sp³-hybridized carbons (Fsp3) is 0.136. The molecule has 2 nitrogen and oxygen atoms in total. The molecule has 3 heteroatoms. The van der Waals surface area contributed by atoms with E-state index in [9.17, 15) is 4.79 Å². The number of nitrogens with one attached hydrogen (secondary N) is 1. The number of thioether (sulfide) groups is 1. The SMILES string of the molecule is O=C(C[C@H](Sc1ccccc1)c1ccccc1)NCc1ccccc1. The lowest BCUT2D eigenvalue weighted by atomic mass is 10.1. The van der Waals surface area contributed by atoms with E-state index in [2.05, 4.69) is 29.6 Å². The fourth-order valence-electron chi connectivity index (χ4n) is 2.60. The van der Waals surface area contributed by atoms with Crippen LogP contribution in [0.25, 0.3) is 0 Å². The number of carbonyl (C=O) groups is 1. The summed E-state index contributed by atoms with van der Waals surface area (Å²) in [7, 11) is 0. The summed E-state index contributed by atoms with van der Waals surface area (Å²) in [6.45, 7) is 0.567. The molecule has 3 aromatic carbocycles. The third-order valence-electron chi connectivity index (χ3n) is 3.90. The summed E-state index contributed by atoms with van der Waals surface area (Å²) in [6.07, 6.45) is 0.455. The Labute approximate surface area is 153 Å². The summed E-state index contributed by atoms with van der Waals surface area (Å²) in [4.78, 5) is 13.6. The Balaban J connectivity index is 1.66. The molecule has 0 radical (unpaired) electrons. The van der Waals surface area contributed by atoms with E-state index in [4.69, 9.17) is 0 Å². The van der Waals surface area contributed by atoms with Gasteiger partial charge in [0.05, 0.1) is 0 Å². The van der Waals surface area contributed by atoms with Crippen molar-refractivity contribution in [1.29, 1.82) is 0 Å². The summed E-state index contributed by atoms with van der Waals surface area (Å²) in [5, 5.41) is 3.13. The van der Waals surface area contributed by atoms with Gasteiger partial charge in [0, 0.05) is 23.1 Å². The van der Waals surface area contributed by atoms with Crippen molar-refractivity contribution in [2.75, 3.05) is 0 Å². The van der Waals surface area contributed by atoms with Crippen LogP contribution < -0.4 is 5.32 Å². The minimum Gasteiger partial charge on any atom is -0.352 e. The van der Waals surface area contributed by atoms with Crippen LogP contribution in [0, 0.1) is 0 Å². The van der Waals surface area contributed by atoms with Crippen LogP contribution in [0.3, 0.4) is 0 Å². The Morgan fingerprint density at radius 2 is 1.36 bits per heavy atom. The summed E-state index contributed by atoms with van der Waals surface area (Å²) >= 11 is 1.73. The quantitative estimate of drug-likeness (QED) is 0.593. The van der Waals surface area contributed by atoms with Crippen molar-refractivity contribution in [2.45, 2.75) is 23.1 Å². The average molecular weight is 347 g/mol. The largest absolute Gasteiger partial charge is 0.352 e. The third-order valence-corrected chi connectivity index (χ3v) is 5.16. The smallest absolute Gasteiger partial charge is 0.221 e. The predicted molar refractivity (Wildman–Crippen MR) is 104 cm³/mol. The highest BCUT2D eigenvalue weighted by molar-refractivity contribution is 7.99. The monoisotopic (exact) mass is 347 g/mol. The zero-order valence-corrected chi connectivity index (χ0v) is 14.8. The Morgan fingerprint density at radius 1 is 0.800 bits per heavy atom. The lowest BCUT2D eigenvalue weighted by molar-refractivity contribution is -0.121. The number of rotatable bonds is 7. The Hall–Kier alpha value is -2.52. The first kappa shape index (κ1) is 17.3. The van der Waals surface area contributed by atoms with E-state index in [-0.39, 0.29) is 11.2 Å². The molecular weight excluding hydrogens is 326 g/mol. The van der Waals surface area contributed by atoms with E-state index in [0.717, 1.165) is 5.56 Å². The molecule has 0 spiro atoms. The maximum Gasteiger partial charge on any atom is 0.221 e. The van der Waals surface area contributed by atoms with Gasteiger partial charge in [0.25, 0.3) is 0 Å². The number of carbonyl (C=O) groups excluding carboxylic acids is 1. The van der Waals surface area contributed by atoms with Crippen LogP contribution >= 0.6 is 11.8 Å². The lowest BCUT2D eigenvalue weighted by Gasteiger charge is -2.17. The second kappa shape index (κ2) is 9.09. The Morgan fingerprint density at radius 3 is 2.00 bits per heavy atom. The molecule has 1 atom stereocenters. The van der Waals surface area contributed by atoms with Gasteiger partial charge in [-0.25, -0.2) is 0 Å². The molecule has 0 aromatic heterocycles. The predicted octanol–water partition coefficient (Wildman–Crippen LogP) is 5.23. The van der Waals surface area contributed by atoms with E-state index in [1.807, 2.05) is 66.7 Å². The van der Waals surface area contributed by atoms with Gasteiger partial charge < -0.3 is 5.32 Å². The van der Waals surface area contributed by atoms with Crippen LogP contribution in [-0.4, -0.2) is 5.91 Å². The summed E-state index contributed by atoms with van der Waals surface area (Å²) in [5.41, 5.74) is 2.29. The molecule has 0 aliphatic heterocycles. The van der Waals surface area contributed by atoms with Crippen molar-refractivity contribution in [3.8, 4) is 0 Å². The maximum atomic E-state index is 12.5. The first-order chi connectivity index (χ1) is 12.3. The first-order valence-corrected chi connectivity index (χ1v) is 9.26. The van der Waals surface area contributed by atoms with Gasteiger partial charge in [-0.3, -0.25) is 4.79 Å². The van der Waals surface area contributed by atoms with Gasteiger partial charge in [0.1, 0.15) is 0 Å². The van der Waals surface area contributed by atoms with E-state index >= 15 is 0 Å². The van der Waals surface area contributed by atoms with Crippen molar-refractivity contribution in [3.63, 3.8) is 0 Å². The summed E-state index contributed by atoms with van der Waals surface area (Å²) < 4.78 is 0. The second-order valence-electron chi connectivity index (χ2n) is 5.80. The highest BCUT2D eigenvalue weighted by atomic mass is 32.2. The van der Waals surface area contributed by atoms with Crippen molar-refractivity contribution in [2.24, 2.45) is 0 Å². The van der Waals surface area contributed by atoms with E-state index in [1.165, 1.54) is 10.5 Å². The standard InChI is InChI=1S/C22H21NOS/c24-22(23-17-18-10-4-1-5-11-18)16-21(19-12-6-2-7-13-19)25-20-14-8-3-9-15-20/h1-15,21H,16-17H2,(H,23,24)/t21-/m0/s1. The van der Waals surface area contributed by atoms with Crippen molar-refractivity contribution >= 4 is 17.7 Å². The number of benzene rings is 3. The second-order valence-corrected chi connectivity index (χ2v) is 7.07. The molecular formula is C22H21NOS. The van der Waals surface area contributed by atoms with E-state index in [1.54, 1.807) is 11.8 Å². The van der Waals surface area contributed by atoms with Crippen molar-refractivity contribution in [3.05, 3.63) is 102 Å². The van der Waals surface area contributed by atoms with Gasteiger partial charge in [-0.2, -0.15) is 0 Å². The molecule has 0 saturated heterocycles. The average Bonchev–Trinajstić information content (AvgIpc) is 2.68. The Kier molecular flexibility index (Phi) is 6.29. The normalized spacial score (nSPS) is 11.7. The molecule has 0 aliphatic carbocycles. The lowest BCUT2D eigenvalue weighted by Crippen LogP contribution is -2.24. The van der Waals surface area contributed by atoms with E-state index in [0.29, 0.717) is 13.0 Å². The number of amides is 1. The fourth-order valence-corrected chi connectivity index (χ4v) is 3.77. The van der Waals surface area contributed by atoms with Crippen LogP contribution in [0.4, 0.5) is 0 Å². The molecule has 3 rings (SSSR count). The summed E-state index contributed by atoms with van der Waals surface area (Å²) in [6, 6.07) is 30.5. The molecule has 0 unspecified atom stereocenters. The molecule has 126 valence electrons. The van der Waals surface area contributed by atoms with Crippen molar-refractivity contribution < 1.29 is 4.79 Å². The minimum absolute atomic E-state index is 0.0705. The molecule has 0 fully saturated rings. The van der Waals surface area contributed by atoms with Gasteiger partial charge in [-0.15, -0.1) is 11.8 Å². The zero-order chi connectivity index (χ0) is 17.3. The van der Waals surface area contributed by atoms with Gasteiger partial charge >= 0.3 is 0 Å². The zero-order valence-electron chi connectivity index (χ0n) is 14.0. The van der Waals surface area contributed by atoms with Gasteiger partial charge in [-0.05, 0) is 23.3 Å². The minimum atomic E-state index is 0.0705. The third kappa shape index (κ3) is 5.50. The molecule has 0 saturated carbocycles. The topological polar surface area (TPSA) is 29.1 Å². The van der Waals surface area contributed by atoms with Gasteiger partial charge in [0.15, 0.2) is 0 Å². The molecule has 1 N–H and O–H groups in total. The molecule has 1 amide bonds. The van der Waals surface area contributed by atoms with Crippen LogP contribution in [0.15, 0.2) is 95.9 Å². The highest BCUT2D eigenvalue weighted by Crippen LogP contribution is 2.37. The first-order valence-electron chi connectivity index (χ1n) is 8.38. The summed E-state index contributed by atoms with van der Waals surface area (Å²) in [5.74, 6) is 0.0705. The molecule has 0 aliphatic rings. The van der Waals surface area contributed by atoms with Gasteiger partial charge in [0.2, 0.25) is 5.91 Å². The number of hydrogen-bond donors (Lipinski definition) is 1. The Bertz CT molecular complexity index is 775.